The lowest BCUT2D eigenvalue weighted by Gasteiger charge is -2.14. The molecule has 0 radical (unpaired) electrons. The van der Waals surface area contributed by atoms with E-state index in [-0.39, 0.29) is 5.69 Å². The van der Waals surface area contributed by atoms with Crippen molar-refractivity contribution in [1.82, 2.24) is 25.3 Å². The Balaban J connectivity index is 1.83. The first-order chi connectivity index (χ1) is 8.19. The summed E-state index contributed by atoms with van der Waals surface area (Å²) in [5.41, 5.74) is 2.28. The van der Waals surface area contributed by atoms with Gasteiger partial charge in [0.2, 0.25) is 0 Å². The van der Waals surface area contributed by atoms with Gasteiger partial charge in [0.05, 0.1) is 12.7 Å². The lowest BCUT2D eigenvalue weighted by Crippen LogP contribution is -2.30. The number of nitrogens with one attached hydrogen (secondary N) is 1. The zero-order valence-corrected chi connectivity index (χ0v) is 9.96. The van der Waals surface area contributed by atoms with E-state index in [1.165, 1.54) is 6.42 Å². The summed E-state index contributed by atoms with van der Waals surface area (Å²) in [5, 5.41) is 7.64. The minimum absolute atomic E-state index is 0.252. The molecular weight excluding hydrogens is 220 g/mol. The van der Waals surface area contributed by atoms with Crippen molar-refractivity contribution in [2.45, 2.75) is 19.9 Å². The van der Waals surface area contributed by atoms with Crippen molar-refractivity contribution < 1.29 is 4.79 Å². The second-order valence-electron chi connectivity index (χ2n) is 4.53. The van der Waals surface area contributed by atoms with E-state index < -0.39 is 5.91 Å². The summed E-state index contributed by atoms with van der Waals surface area (Å²) < 4.78 is 1.67. The number of nitrogens with two attached hydrogens (primary N) is 1. The van der Waals surface area contributed by atoms with Crippen LogP contribution in [0, 0.1) is 5.92 Å². The number of aromatic nitrogens is 3. The second-order valence-corrected chi connectivity index (χ2v) is 4.53. The van der Waals surface area contributed by atoms with Gasteiger partial charge in [-0.25, -0.2) is 5.84 Å². The molecule has 17 heavy (non-hydrogen) atoms. The largest absolute Gasteiger partial charge is 0.301 e. The molecule has 1 saturated heterocycles. The number of hydrazine groups is 1. The van der Waals surface area contributed by atoms with Crippen LogP contribution in [0.4, 0.5) is 0 Å². The SMILES string of the molecule is CC1CCN(CCn2cc(C(=O)NN)nn2)C1. The first-order valence-corrected chi connectivity index (χ1v) is 5.82. The number of hydrogen-bond acceptors (Lipinski definition) is 5. The number of likely N-dealkylation sites (tertiary alicyclic amines) is 1. The molecule has 0 bridgehead atoms. The third-order valence-corrected chi connectivity index (χ3v) is 3.06. The van der Waals surface area contributed by atoms with Crippen LogP contribution < -0.4 is 11.3 Å². The zero-order valence-electron chi connectivity index (χ0n) is 9.96. The summed E-state index contributed by atoms with van der Waals surface area (Å²) >= 11 is 0. The predicted octanol–water partition coefficient (Wildman–Crippen LogP) is -0.777. The van der Waals surface area contributed by atoms with Gasteiger partial charge in [-0.15, -0.1) is 5.10 Å². The Labute approximate surface area is 99.9 Å². The molecule has 0 saturated carbocycles. The molecule has 1 amide bonds. The van der Waals surface area contributed by atoms with Crippen LogP contribution in [0.2, 0.25) is 0 Å². The normalized spacial score (nSPS) is 20.7. The van der Waals surface area contributed by atoms with Crippen molar-refractivity contribution in [2.24, 2.45) is 11.8 Å². The van der Waals surface area contributed by atoms with E-state index in [9.17, 15) is 4.79 Å². The Morgan fingerprint density at radius 3 is 3.12 bits per heavy atom. The van der Waals surface area contributed by atoms with Gasteiger partial charge in [0.1, 0.15) is 0 Å². The lowest BCUT2D eigenvalue weighted by atomic mass is 10.2. The van der Waals surface area contributed by atoms with Crippen LogP contribution >= 0.6 is 0 Å². The van der Waals surface area contributed by atoms with Crippen LogP contribution in [0.5, 0.6) is 0 Å². The molecule has 1 unspecified atom stereocenters. The highest BCUT2D eigenvalue weighted by Crippen LogP contribution is 2.14. The van der Waals surface area contributed by atoms with Gasteiger partial charge < -0.3 is 4.90 Å². The summed E-state index contributed by atoms with van der Waals surface area (Å²) in [6, 6.07) is 0. The summed E-state index contributed by atoms with van der Waals surface area (Å²) in [7, 11) is 0. The molecule has 7 heteroatoms. The molecule has 1 aromatic heterocycles. The zero-order chi connectivity index (χ0) is 12.3. The van der Waals surface area contributed by atoms with Crippen LogP contribution in [-0.4, -0.2) is 45.4 Å². The molecular formula is C10H18N6O. The van der Waals surface area contributed by atoms with E-state index in [0.717, 1.165) is 32.1 Å². The summed E-state index contributed by atoms with van der Waals surface area (Å²) in [4.78, 5) is 13.6. The van der Waals surface area contributed by atoms with Crippen LogP contribution in [0.3, 0.4) is 0 Å². The van der Waals surface area contributed by atoms with Crippen molar-refractivity contribution >= 4 is 5.91 Å². The molecule has 1 aromatic rings. The number of nitrogens with zero attached hydrogens (tertiary/aromatic N) is 4. The van der Waals surface area contributed by atoms with E-state index in [4.69, 9.17) is 5.84 Å². The third-order valence-electron chi connectivity index (χ3n) is 3.06. The van der Waals surface area contributed by atoms with Gasteiger partial charge in [-0.1, -0.05) is 12.1 Å². The van der Waals surface area contributed by atoms with E-state index in [0.29, 0.717) is 0 Å². The molecule has 2 heterocycles. The molecule has 2 rings (SSSR count). The van der Waals surface area contributed by atoms with Crippen molar-refractivity contribution in [3.05, 3.63) is 11.9 Å². The minimum atomic E-state index is -0.411. The number of amides is 1. The Hall–Kier alpha value is -1.47. The molecule has 1 atom stereocenters. The van der Waals surface area contributed by atoms with Crippen molar-refractivity contribution in [1.29, 1.82) is 0 Å². The third kappa shape index (κ3) is 3.01. The average molecular weight is 238 g/mol. The van der Waals surface area contributed by atoms with E-state index >= 15 is 0 Å². The molecule has 0 spiro atoms. The molecule has 3 N–H and O–H groups in total. The summed E-state index contributed by atoms with van der Waals surface area (Å²) in [5.74, 6) is 5.39. The number of rotatable bonds is 4. The first kappa shape index (κ1) is 12.0. The maximum Gasteiger partial charge on any atom is 0.287 e. The van der Waals surface area contributed by atoms with Gasteiger partial charge in [0, 0.05) is 13.1 Å². The highest BCUT2D eigenvalue weighted by atomic mass is 16.2. The maximum atomic E-state index is 11.2. The highest BCUT2D eigenvalue weighted by molar-refractivity contribution is 5.91. The number of hydrogen-bond donors (Lipinski definition) is 2. The van der Waals surface area contributed by atoms with E-state index in [1.807, 2.05) is 5.43 Å². The minimum Gasteiger partial charge on any atom is -0.301 e. The fourth-order valence-electron chi connectivity index (χ4n) is 2.06. The number of carbonyl (C=O) groups is 1. The fourth-order valence-corrected chi connectivity index (χ4v) is 2.06. The first-order valence-electron chi connectivity index (χ1n) is 5.82. The molecule has 0 aromatic carbocycles. The molecule has 0 aliphatic carbocycles. The Morgan fingerprint density at radius 2 is 2.47 bits per heavy atom. The van der Waals surface area contributed by atoms with E-state index in [1.54, 1.807) is 10.9 Å². The van der Waals surface area contributed by atoms with Crippen molar-refractivity contribution in [3.63, 3.8) is 0 Å². The van der Waals surface area contributed by atoms with Crippen LogP contribution in [0.1, 0.15) is 23.8 Å². The van der Waals surface area contributed by atoms with Gasteiger partial charge in [0.15, 0.2) is 5.69 Å². The number of carbonyl (C=O) groups excluding carboxylic acids is 1. The van der Waals surface area contributed by atoms with Crippen molar-refractivity contribution in [2.75, 3.05) is 19.6 Å². The molecule has 1 aliphatic rings. The molecule has 1 aliphatic heterocycles. The molecule has 7 nitrogen and oxygen atoms in total. The van der Waals surface area contributed by atoms with Gasteiger partial charge in [-0.05, 0) is 18.9 Å². The molecule has 94 valence electrons. The standard InChI is InChI=1S/C10H18N6O/c1-8-2-3-15(6-8)4-5-16-7-9(13-14-16)10(17)12-11/h7-8H,2-6,11H2,1H3,(H,12,17). The lowest BCUT2D eigenvalue weighted by molar-refractivity contribution is 0.0948. The topological polar surface area (TPSA) is 89.1 Å². The van der Waals surface area contributed by atoms with Gasteiger partial charge in [-0.2, -0.15) is 0 Å². The maximum absolute atomic E-state index is 11.2. The van der Waals surface area contributed by atoms with Crippen LogP contribution in [0.15, 0.2) is 6.20 Å². The summed E-state index contributed by atoms with van der Waals surface area (Å²) in [6.07, 6.45) is 2.87. The van der Waals surface area contributed by atoms with Crippen LogP contribution in [0.25, 0.3) is 0 Å². The Kier molecular flexibility index (Phi) is 3.70. The Bertz CT molecular complexity index is 390. The monoisotopic (exact) mass is 238 g/mol. The average Bonchev–Trinajstić information content (AvgIpc) is 2.94. The quantitative estimate of drug-likeness (QED) is 0.408. The highest BCUT2D eigenvalue weighted by Gasteiger charge is 2.18. The predicted molar refractivity (Wildman–Crippen MR) is 61.9 cm³/mol. The van der Waals surface area contributed by atoms with E-state index in [2.05, 4.69) is 22.1 Å². The van der Waals surface area contributed by atoms with Gasteiger partial charge in [0.25, 0.3) is 5.91 Å². The van der Waals surface area contributed by atoms with Crippen molar-refractivity contribution in [3.8, 4) is 0 Å². The summed E-state index contributed by atoms with van der Waals surface area (Å²) in [6.45, 7) is 6.24. The van der Waals surface area contributed by atoms with Gasteiger partial charge >= 0.3 is 0 Å². The second kappa shape index (κ2) is 5.24. The fraction of sp³-hybridized carbons (Fsp3) is 0.700. The number of nitrogen functional groups attached to an aromatic ring is 1. The van der Waals surface area contributed by atoms with Crippen LogP contribution in [-0.2, 0) is 6.54 Å². The smallest absolute Gasteiger partial charge is 0.287 e. The Morgan fingerprint density at radius 1 is 1.65 bits per heavy atom. The molecule has 1 fully saturated rings. The van der Waals surface area contributed by atoms with Gasteiger partial charge in [-0.3, -0.25) is 14.9 Å².